The van der Waals surface area contributed by atoms with Gasteiger partial charge in [-0.05, 0) is 25.1 Å². The lowest BCUT2D eigenvalue weighted by molar-refractivity contribution is 0.0477. The van der Waals surface area contributed by atoms with Gasteiger partial charge in [0.05, 0.1) is 12.7 Å². The molecular formula is C11H14BrNO3. The number of benzene rings is 1. The number of nitrogens with two attached hydrogens (primary N) is 1. The molecule has 88 valence electrons. The first-order valence-corrected chi connectivity index (χ1v) is 5.64. The van der Waals surface area contributed by atoms with E-state index in [-0.39, 0.29) is 5.78 Å². The van der Waals surface area contributed by atoms with Crippen molar-refractivity contribution in [1.82, 2.24) is 0 Å². The van der Waals surface area contributed by atoms with Crippen molar-refractivity contribution in [1.29, 1.82) is 0 Å². The van der Waals surface area contributed by atoms with Gasteiger partial charge < -0.3 is 9.47 Å². The molecule has 0 heterocycles. The molecule has 0 spiro atoms. The minimum Gasteiger partial charge on any atom is -0.496 e. The van der Waals surface area contributed by atoms with Crippen LogP contribution in [0.25, 0.3) is 0 Å². The van der Waals surface area contributed by atoms with E-state index in [4.69, 9.17) is 15.2 Å². The van der Waals surface area contributed by atoms with Gasteiger partial charge in [-0.3, -0.25) is 10.5 Å². The van der Waals surface area contributed by atoms with Crippen molar-refractivity contribution in [3.05, 3.63) is 28.2 Å². The standard InChI is InChI=1S/C11H14BrNO3/c1-3-16-11(13)10(14)8-6-7(12)4-5-9(8)15-2/h4-6,11H,3,13H2,1-2H3. The van der Waals surface area contributed by atoms with E-state index in [1.54, 1.807) is 25.1 Å². The quantitative estimate of drug-likeness (QED) is 0.664. The molecule has 0 aliphatic carbocycles. The number of Topliss-reactive ketones (excluding diaryl/α,β-unsaturated/α-hetero) is 1. The number of carbonyl (C=O) groups is 1. The number of ketones is 1. The van der Waals surface area contributed by atoms with Gasteiger partial charge in [-0.2, -0.15) is 0 Å². The van der Waals surface area contributed by atoms with Crippen LogP contribution < -0.4 is 10.5 Å². The second-order valence-corrected chi connectivity index (χ2v) is 4.00. The molecule has 1 atom stereocenters. The lowest BCUT2D eigenvalue weighted by atomic mass is 10.1. The van der Waals surface area contributed by atoms with Gasteiger partial charge >= 0.3 is 0 Å². The summed E-state index contributed by atoms with van der Waals surface area (Å²) in [6, 6.07) is 5.16. The Morgan fingerprint density at radius 1 is 1.56 bits per heavy atom. The molecule has 0 fully saturated rings. The van der Waals surface area contributed by atoms with E-state index < -0.39 is 6.23 Å². The number of rotatable bonds is 5. The minimum atomic E-state index is -0.951. The molecule has 1 rings (SSSR count). The van der Waals surface area contributed by atoms with E-state index in [1.807, 2.05) is 0 Å². The average molecular weight is 288 g/mol. The third-order valence-electron chi connectivity index (χ3n) is 2.03. The predicted octanol–water partition coefficient (Wildman–Crippen LogP) is 1.96. The molecule has 0 bridgehead atoms. The molecule has 2 N–H and O–H groups in total. The Morgan fingerprint density at radius 3 is 2.81 bits per heavy atom. The summed E-state index contributed by atoms with van der Waals surface area (Å²) in [4.78, 5) is 11.9. The number of carbonyl (C=O) groups excluding carboxylic acids is 1. The molecule has 0 aliphatic heterocycles. The zero-order valence-corrected chi connectivity index (χ0v) is 10.8. The molecule has 0 amide bonds. The predicted molar refractivity (Wildman–Crippen MR) is 64.6 cm³/mol. The van der Waals surface area contributed by atoms with Crippen LogP contribution in [0.4, 0.5) is 0 Å². The number of hydrogen-bond donors (Lipinski definition) is 1. The van der Waals surface area contributed by atoms with Crippen molar-refractivity contribution in [3.63, 3.8) is 0 Å². The highest BCUT2D eigenvalue weighted by atomic mass is 79.9. The molecule has 1 unspecified atom stereocenters. The zero-order chi connectivity index (χ0) is 12.1. The Balaban J connectivity index is 3.01. The fraction of sp³-hybridized carbons (Fsp3) is 0.364. The molecule has 0 aliphatic rings. The summed E-state index contributed by atoms with van der Waals surface area (Å²) in [7, 11) is 1.51. The smallest absolute Gasteiger partial charge is 0.209 e. The van der Waals surface area contributed by atoms with Gasteiger partial charge in [0.2, 0.25) is 5.78 Å². The van der Waals surface area contributed by atoms with Gasteiger partial charge in [-0.1, -0.05) is 15.9 Å². The highest BCUT2D eigenvalue weighted by molar-refractivity contribution is 9.10. The van der Waals surface area contributed by atoms with Gasteiger partial charge in [0.25, 0.3) is 0 Å². The summed E-state index contributed by atoms with van der Waals surface area (Å²) in [6.07, 6.45) is -0.951. The van der Waals surface area contributed by atoms with Crippen LogP contribution in [0.1, 0.15) is 17.3 Å². The maximum Gasteiger partial charge on any atom is 0.209 e. The number of hydrogen-bond acceptors (Lipinski definition) is 4. The number of methoxy groups -OCH3 is 1. The van der Waals surface area contributed by atoms with Crippen molar-refractivity contribution < 1.29 is 14.3 Å². The lowest BCUT2D eigenvalue weighted by Crippen LogP contribution is -2.33. The van der Waals surface area contributed by atoms with Crippen LogP contribution in [0.3, 0.4) is 0 Å². The summed E-state index contributed by atoms with van der Waals surface area (Å²) in [6.45, 7) is 2.18. The third-order valence-corrected chi connectivity index (χ3v) is 2.52. The van der Waals surface area contributed by atoms with E-state index in [9.17, 15) is 4.79 Å². The molecule has 0 saturated heterocycles. The second kappa shape index (κ2) is 5.98. The summed E-state index contributed by atoms with van der Waals surface area (Å²) >= 11 is 3.29. The number of ether oxygens (including phenoxy) is 2. The van der Waals surface area contributed by atoms with E-state index in [0.29, 0.717) is 17.9 Å². The van der Waals surface area contributed by atoms with Crippen LogP contribution in [0.15, 0.2) is 22.7 Å². The second-order valence-electron chi connectivity index (χ2n) is 3.08. The van der Waals surface area contributed by atoms with Crippen LogP contribution >= 0.6 is 15.9 Å². The molecule has 4 nitrogen and oxygen atoms in total. The highest BCUT2D eigenvalue weighted by Crippen LogP contribution is 2.24. The molecule has 0 aromatic heterocycles. The first-order chi connectivity index (χ1) is 7.60. The lowest BCUT2D eigenvalue weighted by Gasteiger charge is -2.13. The molecule has 0 radical (unpaired) electrons. The number of halogens is 1. The molecule has 5 heteroatoms. The summed E-state index contributed by atoms with van der Waals surface area (Å²) in [5.74, 6) is 0.198. The van der Waals surface area contributed by atoms with Crippen molar-refractivity contribution in [2.24, 2.45) is 5.73 Å². The Bertz CT molecular complexity index is 381. The Morgan fingerprint density at radius 2 is 2.25 bits per heavy atom. The SMILES string of the molecule is CCOC(N)C(=O)c1cc(Br)ccc1OC. The van der Waals surface area contributed by atoms with Gasteiger partial charge in [-0.25, -0.2) is 0 Å². The zero-order valence-electron chi connectivity index (χ0n) is 9.20. The minimum absolute atomic E-state index is 0.292. The van der Waals surface area contributed by atoms with Gasteiger partial charge in [-0.15, -0.1) is 0 Å². The highest BCUT2D eigenvalue weighted by Gasteiger charge is 2.19. The van der Waals surface area contributed by atoms with Gasteiger partial charge in [0.1, 0.15) is 5.75 Å². The van der Waals surface area contributed by atoms with E-state index >= 15 is 0 Å². The first kappa shape index (κ1) is 13.2. The van der Waals surface area contributed by atoms with Crippen molar-refractivity contribution in [2.75, 3.05) is 13.7 Å². The molecule has 16 heavy (non-hydrogen) atoms. The van der Waals surface area contributed by atoms with Gasteiger partial charge in [0, 0.05) is 11.1 Å². The van der Waals surface area contributed by atoms with Crippen LogP contribution in [-0.4, -0.2) is 25.7 Å². The average Bonchev–Trinajstić information content (AvgIpc) is 2.28. The van der Waals surface area contributed by atoms with E-state index in [1.165, 1.54) is 7.11 Å². The van der Waals surface area contributed by atoms with Crippen LogP contribution in [0.5, 0.6) is 5.75 Å². The topological polar surface area (TPSA) is 61.5 Å². The Labute approximate surface area is 103 Å². The summed E-state index contributed by atoms with van der Waals surface area (Å²) in [5.41, 5.74) is 6.01. The Kier molecular flexibility index (Phi) is 4.92. The largest absolute Gasteiger partial charge is 0.496 e. The maximum atomic E-state index is 11.9. The van der Waals surface area contributed by atoms with Crippen molar-refractivity contribution >= 4 is 21.7 Å². The monoisotopic (exact) mass is 287 g/mol. The molecule has 1 aromatic rings. The van der Waals surface area contributed by atoms with Crippen LogP contribution in [-0.2, 0) is 4.74 Å². The molecule has 0 saturated carbocycles. The first-order valence-electron chi connectivity index (χ1n) is 4.85. The molecular weight excluding hydrogens is 274 g/mol. The summed E-state index contributed by atoms with van der Waals surface area (Å²) in [5, 5.41) is 0. The maximum absolute atomic E-state index is 11.9. The van der Waals surface area contributed by atoms with Crippen molar-refractivity contribution in [2.45, 2.75) is 13.2 Å². The van der Waals surface area contributed by atoms with Crippen molar-refractivity contribution in [3.8, 4) is 5.75 Å². The Hall–Kier alpha value is -0.910. The normalized spacial score (nSPS) is 12.2. The molecule has 1 aromatic carbocycles. The van der Waals surface area contributed by atoms with E-state index in [2.05, 4.69) is 15.9 Å². The third kappa shape index (κ3) is 3.04. The fourth-order valence-electron chi connectivity index (χ4n) is 1.28. The summed E-state index contributed by atoms with van der Waals surface area (Å²) < 4.78 is 10.9. The van der Waals surface area contributed by atoms with Crippen LogP contribution in [0.2, 0.25) is 0 Å². The van der Waals surface area contributed by atoms with E-state index in [0.717, 1.165) is 4.47 Å². The van der Waals surface area contributed by atoms with Crippen LogP contribution in [0, 0.1) is 0 Å². The van der Waals surface area contributed by atoms with Gasteiger partial charge in [0.15, 0.2) is 6.23 Å². The fourth-order valence-corrected chi connectivity index (χ4v) is 1.64.